The average Bonchev–Trinajstić information content (AvgIpc) is 2.89. The first-order chi connectivity index (χ1) is 18.0. The highest BCUT2D eigenvalue weighted by Crippen LogP contribution is 2.15. The zero-order valence-corrected chi connectivity index (χ0v) is 20.9. The second-order valence-corrected chi connectivity index (χ2v) is 8.54. The molecular weight excluding hydrogens is 492 g/mol. The number of carboxylic acids is 1. The summed E-state index contributed by atoms with van der Waals surface area (Å²) >= 11 is 0. The number of benzene rings is 3. The number of aliphatic carboxylic acids is 1. The first-order valence-corrected chi connectivity index (χ1v) is 11.5. The molecule has 0 aliphatic heterocycles. The van der Waals surface area contributed by atoms with Gasteiger partial charge in [-0.2, -0.15) is 0 Å². The summed E-state index contributed by atoms with van der Waals surface area (Å²) in [4.78, 5) is 63.1. The summed E-state index contributed by atoms with van der Waals surface area (Å²) in [6.07, 6.45) is -4.37. The summed E-state index contributed by atoms with van der Waals surface area (Å²) in [6.45, 7) is 5.29. The van der Waals surface area contributed by atoms with Gasteiger partial charge in [-0.1, -0.05) is 53.1 Å². The number of carboxylic acid groups (broad SMARTS) is 1. The molecular formula is C28H26N2O8. The molecule has 10 heteroatoms. The number of carbonyl (C=O) groups excluding carboxylic acids is 4. The highest BCUT2D eigenvalue weighted by molar-refractivity contribution is 5.99. The lowest BCUT2D eigenvalue weighted by Crippen LogP contribution is -2.54. The van der Waals surface area contributed by atoms with Crippen LogP contribution >= 0.6 is 0 Å². The number of rotatable bonds is 8. The molecule has 3 aromatic rings. The summed E-state index contributed by atoms with van der Waals surface area (Å²) in [5, 5.41) is 9.82. The van der Waals surface area contributed by atoms with E-state index in [0.717, 1.165) is 5.56 Å². The van der Waals surface area contributed by atoms with Crippen LogP contribution in [0, 0.1) is 20.8 Å². The minimum Gasteiger partial charge on any atom is -0.478 e. The fourth-order valence-electron chi connectivity index (χ4n) is 3.37. The van der Waals surface area contributed by atoms with E-state index in [0.29, 0.717) is 11.1 Å². The monoisotopic (exact) mass is 518 g/mol. The molecule has 0 spiro atoms. The maximum atomic E-state index is 13.0. The van der Waals surface area contributed by atoms with Gasteiger partial charge < -0.3 is 14.6 Å². The first kappa shape index (κ1) is 27.6. The van der Waals surface area contributed by atoms with E-state index in [2.05, 4.69) is 10.9 Å². The average molecular weight is 519 g/mol. The molecule has 0 bridgehead atoms. The lowest BCUT2D eigenvalue weighted by Gasteiger charge is -2.23. The first-order valence-electron chi connectivity index (χ1n) is 11.5. The molecule has 0 saturated carbocycles. The quantitative estimate of drug-likeness (QED) is 0.305. The maximum absolute atomic E-state index is 13.0. The SMILES string of the molecule is Cc1ccc(C(=O)NNC(=O)[C@@H](OC(=O)c2cccc(C)c2)[C@H](OC(=O)c2cccc(C)c2)C(=O)O)cc1. The van der Waals surface area contributed by atoms with Crippen LogP contribution in [0.15, 0.2) is 72.8 Å². The van der Waals surface area contributed by atoms with Crippen LogP contribution in [-0.4, -0.2) is 47.0 Å². The summed E-state index contributed by atoms with van der Waals surface area (Å²) in [7, 11) is 0. The Morgan fingerprint density at radius 1 is 0.632 bits per heavy atom. The number of hydrogen-bond donors (Lipinski definition) is 3. The van der Waals surface area contributed by atoms with E-state index in [1.807, 2.05) is 6.92 Å². The molecule has 3 N–H and O–H groups in total. The van der Waals surface area contributed by atoms with Gasteiger partial charge in [0.05, 0.1) is 11.1 Å². The molecule has 0 aliphatic rings. The van der Waals surface area contributed by atoms with E-state index < -0.39 is 41.9 Å². The summed E-state index contributed by atoms with van der Waals surface area (Å²) in [5.74, 6) is -5.75. The van der Waals surface area contributed by atoms with Gasteiger partial charge in [0.25, 0.3) is 11.8 Å². The highest BCUT2D eigenvalue weighted by atomic mass is 16.6. The van der Waals surface area contributed by atoms with Crippen LogP contribution < -0.4 is 10.9 Å². The van der Waals surface area contributed by atoms with Gasteiger partial charge in [-0.05, 0) is 57.2 Å². The fourth-order valence-corrected chi connectivity index (χ4v) is 3.37. The van der Waals surface area contributed by atoms with Gasteiger partial charge in [0.15, 0.2) is 0 Å². The molecule has 0 aliphatic carbocycles. The van der Waals surface area contributed by atoms with Crippen LogP contribution in [0.5, 0.6) is 0 Å². The topological polar surface area (TPSA) is 148 Å². The van der Waals surface area contributed by atoms with Gasteiger partial charge in [0, 0.05) is 5.56 Å². The molecule has 196 valence electrons. The summed E-state index contributed by atoms with van der Waals surface area (Å²) in [5.41, 5.74) is 6.82. The van der Waals surface area contributed by atoms with Gasteiger partial charge in [0.2, 0.25) is 12.2 Å². The molecule has 0 unspecified atom stereocenters. The summed E-state index contributed by atoms with van der Waals surface area (Å²) in [6, 6.07) is 18.8. The van der Waals surface area contributed by atoms with Crippen LogP contribution in [0.1, 0.15) is 47.8 Å². The van der Waals surface area contributed by atoms with E-state index in [1.54, 1.807) is 50.2 Å². The third-order valence-electron chi connectivity index (χ3n) is 5.37. The van der Waals surface area contributed by atoms with Crippen LogP contribution in [0.25, 0.3) is 0 Å². The Kier molecular flexibility index (Phi) is 8.94. The van der Waals surface area contributed by atoms with Crippen molar-refractivity contribution in [3.8, 4) is 0 Å². The number of hydrogen-bond acceptors (Lipinski definition) is 7. The number of hydrazine groups is 1. The van der Waals surface area contributed by atoms with Crippen molar-refractivity contribution >= 4 is 29.7 Å². The Morgan fingerprint density at radius 2 is 1.13 bits per heavy atom. The minimum absolute atomic E-state index is 0.0353. The van der Waals surface area contributed by atoms with E-state index >= 15 is 0 Å². The Bertz CT molecular complexity index is 1370. The molecule has 3 aromatic carbocycles. The standard InChI is InChI=1S/C28H26N2O8/c1-16-10-12-19(13-11-16)24(31)29-30-25(32)22(37-27(35)20-8-4-6-17(2)14-20)23(26(33)34)38-28(36)21-9-5-7-18(3)15-21/h4-15,22-23H,1-3H3,(H,29,31)(H,30,32)(H,33,34)/t22-,23-/m0/s1. The molecule has 38 heavy (non-hydrogen) atoms. The van der Waals surface area contributed by atoms with E-state index in [4.69, 9.17) is 9.47 Å². The number of aryl methyl sites for hydroxylation is 3. The molecule has 0 aromatic heterocycles. The Balaban J connectivity index is 1.85. The molecule has 0 fully saturated rings. The zero-order valence-electron chi connectivity index (χ0n) is 20.9. The molecule has 2 atom stereocenters. The highest BCUT2D eigenvalue weighted by Gasteiger charge is 2.41. The van der Waals surface area contributed by atoms with Crippen molar-refractivity contribution in [2.45, 2.75) is 33.0 Å². The van der Waals surface area contributed by atoms with Gasteiger partial charge in [0.1, 0.15) is 0 Å². The van der Waals surface area contributed by atoms with Crippen molar-refractivity contribution in [3.63, 3.8) is 0 Å². The van der Waals surface area contributed by atoms with E-state index in [-0.39, 0.29) is 16.7 Å². The predicted molar refractivity (Wildman–Crippen MR) is 135 cm³/mol. The van der Waals surface area contributed by atoms with Crippen LogP contribution in [0.2, 0.25) is 0 Å². The smallest absolute Gasteiger partial charge is 0.349 e. The molecule has 0 radical (unpaired) electrons. The third kappa shape index (κ3) is 7.26. The molecule has 2 amide bonds. The second kappa shape index (κ2) is 12.3. The van der Waals surface area contributed by atoms with Crippen molar-refractivity contribution < 1.29 is 38.6 Å². The van der Waals surface area contributed by atoms with Crippen LogP contribution in [0.3, 0.4) is 0 Å². The number of amides is 2. The van der Waals surface area contributed by atoms with E-state index in [9.17, 15) is 29.1 Å². The lowest BCUT2D eigenvalue weighted by atomic mass is 10.1. The second-order valence-electron chi connectivity index (χ2n) is 8.54. The van der Waals surface area contributed by atoms with Gasteiger partial charge in [-0.3, -0.25) is 20.4 Å². The van der Waals surface area contributed by atoms with Crippen molar-refractivity contribution in [1.82, 2.24) is 10.9 Å². The van der Waals surface area contributed by atoms with Gasteiger partial charge in [-0.25, -0.2) is 14.4 Å². The van der Waals surface area contributed by atoms with Gasteiger partial charge >= 0.3 is 17.9 Å². The molecule has 3 rings (SSSR count). The number of ether oxygens (including phenoxy) is 2. The molecule has 10 nitrogen and oxygen atoms in total. The fraction of sp³-hybridized carbons (Fsp3) is 0.179. The Labute approximate surface area is 218 Å². The Hall–Kier alpha value is -4.99. The lowest BCUT2D eigenvalue weighted by molar-refractivity contribution is -0.159. The third-order valence-corrected chi connectivity index (χ3v) is 5.37. The number of esters is 2. The normalized spacial score (nSPS) is 12.0. The zero-order chi connectivity index (χ0) is 27.8. The largest absolute Gasteiger partial charge is 0.478 e. The maximum Gasteiger partial charge on any atom is 0.349 e. The van der Waals surface area contributed by atoms with Crippen LogP contribution in [-0.2, 0) is 19.1 Å². The summed E-state index contributed by atoms with van der Waals surface area (Å²) < 4.78 is 10.3. The van der Waals surface area contributed by atoms with Crippen molar-refractivity contribution in [3.05, 3.63) is 106 Å². The van der Waals surface area contributed by atoms with Crippen molar-refractivity contribution in [2.24, 2.45) is 0 Å². The van der Waals surface area contributed by atoms with Gasteiger partial charge in [-0.15, -0.1) is 0 Å². The molecule has 0 heterocycles. The minimum atomic E-state index is -2.23. The predicted octanol–water partition coefficient (Wildman–Crippen LogP) is 2.91. The Morgan fingerprint density at radius 3 is 1.61 bits per heavy atom. The molecule has 0 saturated heterocycles. The van der Waals surface area contributed by atoms with E-state index in [1.165, 1.54) is 36.4 Å². The van der Waals surface area contributed by atoms with Crippen molar-refractivity contribution in [2.75, 3.05) is 0 Å². The number of nitrogens with one attached hydrogen (secondary N) is 2. The number of carbonyl (C=O) groups is 5. The van der Waals surface area contributed by atoms with Crippen molar-refractivity contribution in [1.29, 1.82) is 0 Å². The van der Waals surface area contributed by atoms with Crippen LogP contribution in [0.4, 0.5) is 0 Å².